The monoisotopic (exact) mass is 383 g/mol. The van der Waals surface area contributed by atoms with E-state index in [1.54, 1.807) is 10.3 Å². The number of hydrogen-bond donors (Lipinski definition) is 0. The number of aromatic nitrogens is 2. The van der Waals surface area contributed by atoms with Crippen molar-refractivity contribution in [1.82, 2.24) is 9.97 Å². The molecule has 1 aliphatic carbocycles. The predicted octanol–water partition coefficient (Wildman–Crippen LogP) is 5.15. The topological polar surface area (TPSA) is 55.3 Å². The number of rotatable bonds is 4. The van der Waals surface area contributed by atoms with E-state index in [1.165, 1.54) is 23.6 Å². The molecule has 0 radical (unpaired) electrons. The van der Waals surface area contributed by atoms with Crippen LogP contribution >= 0.6 is 22.9 Å². The number of carbonyl (C=O) groups excluding carboxylic acids is 1. The third-order valence-corrected chi connectivity index (χ3v) is 4.74. The number of amides is 1. The van der Waals surface area contributed by atoms with E-state index in [0.717, 1.165) is 12.8 Å². The van der Waals surface area contributed by atoms with Crippen LogP contribution in [0.15, 0.2) is 17.6 Å². The van der Waals surface area contributed by atoms with E-state index in [9.17, 15) is 9.18 Å². The highest BCUT2D eigenvalue weighted by molar-refractivity contribution is 7.14. The molecule has 1 saturated carbocycles. The Balaban J connectivity index is 1.88. The molecule has 0 spiro atoms. The summed E-state index contributed by atoms with van der Waals surface area (Å²) in [6, 6.07) is 1.24. The van der Waals surface area contributed by atoms with Crippen LogP contribution in [0.4, 0.5) is 14.3 Å². The molecule has 0 saturated heterocycles. The Bertz CT molecular complexity index is 786. The van der Waals surface area contributed by atoms with Gasteiger partial charge >= 0.3 is 6.09 Å². The maximum atomic E-state index is 13.4. The average molecular weight is 384 g/mol. The Morgan fingerprint density at radius 2 is 2.20 bits per heavy atom. The van der Waals surface area contributed by atoms with Gasteiger partial charge in [0, 0.05) is 29.8 Å². The summed E-state index contributed by atoms with van der Waals surface area (Å²) in [5.74, 6) is -0.155. The number of halogens is 2. The summed E-state index contributed by atoms with van der Waals surface area (Å²) < 4.78 is 18.9. The van der Waals surface area contributed by atoms with Crippen molar-refractivity contribution in [3.05, 3.63) is 28.6 Å². The summed E-state index contributed by atoms with van der Waals surface area (Å²) in [5.41, 5.74) is 0.374. The third kappa shape index (κ3) is 4.67. The highest BCUT2D eigenvalue weighted by atomic mass is 35.5. The molecule has 0 aromatic carbocycles. The molecule has 0 N–H and O–H groups in total. The standard InChI is InChI=1S/C17H19ClFN3O2S/c1-17(2,3)24-16(23)22(8-10-4-5-10)15-21-13(9-25-15)11-6-14(19)20-7-12(11)18/h6-7,9-10H,4-5,8H2,1-3H3. The number of nitrogens with zero attached hydrogens (tertiary/aromatic N) is 3. The Morgan fingerprint density at radius 3 is 2.84 bits per heavy atom. The first kappa shape index (κ1) is 18.1. The van der Waals surface area contributed by atoms with Crippen molar-refractivity contribution in [2.24, 2.45) is 5.92 Å². The zero-order valence-corrected chi connectivity index (χ0v) is 15.8. The van der Waals surface area contributed by atoms with Crippen LogP contribution in [0.25, 0.3) is 11.3 Å². The Morgan fingerprint density at radius 1 is 1.48 bits per heavy atom. The first-order valence-corrected chi connectivity index (χ1v) is 9.26. The van der Waals surface area contributed by atoms with Crippen molar-refractivity contribution in [1.29, 1.82) is 0 Å². The van der Waals surface area contributed by atoms with E-state index in [2.05, 4.69) is 9.97 Å². The van der Waals surface area contributed by atoms with Crippen LogP contribution in [0.2, 0.25) is 5.02 Å². The van der Waals surface area contributed by atoms with Gasteiger partial charge in [0.05, 0.1) is 10.7 Å². The molecule has 1 aliphatic rings. The van der Waals surface area contributed by atoms with Crippen molar-refractivity contribution in [2.45, 2.75) is 39.2 Å². The third-order valence-electron chi connectivity index (χ3n) is 3.57. The van der Waals surface area contributed by atoms with E-state index >= 15 is 0 Å². The van der Waals surface area contributed by atoms with Crippen LogP contribution in [0.3, 0.4) is 0 Å². The fraction of sp³-hybridized carbons (Fsp3) is 0.471. The molecule has 2 aromatic heterocycles. The van der Waals surface area contributed by atoms with Gasteiger partial charge in [-0.15, -0.1) is 11.3 Å². The van der Waals surface area contributed by atoms with Crippen LogP contribution in [0.5, 0.6) is 0 Å². The Kier molecular flexibility index (Phi) is 4.97. The molecule has 0 atom stereocenters. The molecule has 0 aliphatic heterocycles. The van der Waals surface area contributed by atoms with Gasteiger partial charge in [-0.05, 0) is 39.5 Å². The van der Waals surface area contributed by atoms with Gasteiger partial charge in [-0.2, -0.15) is 4.39 Å². The lowest BCUT2D eigenvalue weighted by atomic mass is 10.2. The molecular formula is C17H19ClFN3O2S. The van der Waals surface area contributed by atoms with E-state index in [0.29, 0.717) is 33.9 Å². The summed E-state index contributed by atoms with van der Waals surface area (Å²) in [4.78, 5) is 22.1. The number of anilines is 1. The number of ether oxygens (including phenoxy) is 1. The minimum atomic E-state index is -0.629. The summed E-state index contributed by atoms with van der Waals surface area (Å²) in [6.07, 6.45) is 3.02. The molecule has 134 valence electrons. The van der Waals surface area contributed by atoms with Crippen LogP contribution < -0.4 is 4.90 Å². The summed E-state index contributed by atoms with van der Waals surface area (Å²) in [7, 11) is 0. The lowest BCUT2D eigenvalue weighted by Gasteiger charge is -2.25. The summed E-state index contributed by atoms with van der Waals surface area (Å²) >= 11 is 7.40. The maximum Gasteiger partial charge on any atom is 0.416 e. The molecule has 0 bridgehead atoms. The SMILES string of the molecule is CC(C)(C)OC(=O)N(CC1CC1)c1nc(-c2cc(F)ncc2Cl)cs1. The Hall–Kier alpha value is -1.73. The van der Waals surface area contributed by atoms with E-state index in [4.69, 9.17) is 16.3 Å². The molecule has 5 nitrogen and oxygen atoms in total. The van der Waals surface area contributed by atoms with Gasteiger partial charge in [0.1, 0.15) is 5.60 Å². The number of hydrogen-bond acceptors (Lipinski definition) is 5. The fourth-order valence-electron chi connectivity index (χ4n) is 2.23. The molecule has 3 rings (SSSR count). The number of carbonyl (C=O) groups is 1. The second kappa shape index (κ2) is 6.88. The second-order valence-corrected chi connectivity index (χ2v) is 8.28. The fourth-order valence-corrected chi connectivity index (χ4v) is 3.25. The average Bonchev–Trinajstić information content (AvgIpc) is 3.20. The minimum absolute atomic E-state index is 0.310. The second-order valence-electron chi connectivity index (χ2n) is 7.04. The zero-order valence-electron chi connectivity index (χ0n) is 14.3. The highest BCUT2D eigenvalue weighted by Crippen LogP contribution is 2.36. The van der Waals surface area contributed by atoms with E-state index < -0.39 is 17.6 Å². The van der Waals surface area contributed by atoms with Crippen molar-refractivity contribution in [2.75, 3.05) is 11.4 Å². The Labute approximate surface area is 154 Å². The molecule has 2 heterocycles. The van der Waals surface area contributed by atoms with Gasteiger partial charge in [0.25, 0.3) is 0 Å². The number of thiazole rings is 1. The minimum Gasteiger partial charge on any atom is -0.443 e. The van der Waals surface area contributed by atoms with Gasteiger partial charge < -0.3 is 4.74 Å². The molecule has 0 unspecified atom stereocenters. The smallest absolute Gasteiger partial charge is 0.416 e. The first-order valence-electron chi connectivity index (χ1n) is 8.00. The largest absolute Gasteiger partial charge is 0.443 e. The maximum absolute atomic E-state index is 13.4. The van der Waals surface area contributed by atoms with Gasteiger partial charge in [-0.3, -0.25) is 4.90 Å². The zero-order chi connectivity index (χ0) is 18.2. The molecule has 1 amide bonds. The van der Waals surface area contributed by atoms with Crippen molar-refractivity contribution >= 4 is 34.2 Å². The summed E-state index contributed by atoms with van der Waals surface area (Å²) in [6.45, 7) is 6.05. The molecule has 8 heteroatoms. The molecule has 2 aromatic rings. The summed E-state index contributed by atoms with van der Waals surface area (Å²) in [5, 5.41) is 2.58. The van der Waals surface area contributed by atoms with Gasteiger partial charge in [0.15, 0.2) is 5.13 Å². The lowest BCUT2D eigenvalue weighted by Crippen LogP contribution is -2.38. The van der Waals surface area contributed by atoms with Crippen LogP contribution in [-0.2, 0) is 4.74 Å². The van der Waals surface area contributed by atoms with Gasteiger partial charge in [-0.1, -0.05) is 11.6 Å². The van der Waals surface area contributed by atoms with E-state index in [-0.39, 0.29) is 0 Å². The van der Waals surface area contributed by atoms with Crippen LogP contribution in [-0.4, -0.2) is 28.2 Å². The normalized spacial score (nSPS) is 14.4. The quantitative estimate of drug-likeness (QED) is 0.685. The van der Waals surface area contributed by atoms with Crippen molar-refractivity contribution in [3.8, 4) is 11.3 Å². The van der Waals surface area contributed by atoms with E-state index in [1.807, 2.05) is 20.8 Å². The highest BCUT2D eigenvalue weighted by Gasteiger charge is 2.32. The molecular weight excluding hydrogens is 365 g/mol. The molecule has 25 heavy (non-hydrogen) atoms. The van der Waals surface area contributed by atoms with Gasteiger partial charge in [0.2, 0.25) is 5.95 Å². The van der Waals surface area contributed by atoms with Crippen LogP contribution in [0.1, 0.15) is 33.6 Å². The van der Waals surface area contributed by atoms with Gasteiger partial charge in [-0.25, -0.2) is 14.8 Å². The van der Waals surface area contributed by atoms with Crippen molar-refractivity contribution in [3.63, 3.8) is 0 Å². The predicted molar refractivity (Wildman–Crippen MR) is 96.6 cm³/mol. The first-order chi connectivity index (χ1) is 11.7. The lowest BCUT2D eigenvalue weighted by molar-refractivity contribution is 0.0578. The van der Waals surface area contributed by atoms with Crippen LogP contribution in [0, 0.1) is 11.9 Å². The van der Waals surface area contributed by atoms with Crippen molar-refractivity contribution < 1.29 is 13.9 Å². The molecule has 1 fully saturated rings. The number of pyridine rings is 1.